The summed E-state index contributed by atoms with van der Waals surface area (Å²) >= 11 is 0. The fraction of sp³-hybridized carbons (Fsp3) is 0.636. The standard InChI is InChI=1S/C11H18N4/c1-9-3-6-13-10(14-9)15-11(2)4-7-12-8-5-11/h3,6,12H,4-5,7-8H2,1-2H3,(H,13,14,15). The minimum atomic E-state index is 0.138. The van der Waals surface area contributed by atoms with Crippen molar-refractivity contribution in [3.63, 3.8) is 0 Å². The van der Waals surface area contributed by atoms with Crippen LogP contribution in [0.15, 0.2) is 12.3 Å². The Balaban J connectivity index is 2.06. The molecule has 1 fully saturated rings. The maximum absolute atomic E-state index is 4.37. The normalized spacial score (nSPS) is 19.9. The molecule has 0 atom stereocenters. The first kappa shape index (κ1) is 10.4. The van der Waals surface area contributed by atoms with Crippen molar-refractivity contribution in [1.82, 2.24) is 15.3 Å². The Morgan fingerprint density at radius 2 is 2.13 bits per heavy atom. The molecule has 1 aromatic rings. The van der Waals surface area contributed by atoms with Crippen LogP contribution >= 0.6 is 0 Å². The molecule has 82 valence electrons. The summed E-state index contributed by atoms with van der Waals surface area (Å²) < 4.78 is 0. The number of hydrogen-bond donors (Lipinski definition) is 2. The number of aromatic nitrogens is 2. The third-order valence-corrected chi connectivity index (χ3v) is 2.92. The third kappa shape index (κ3) is 2.65. The lowest BCUT2D eigenvalue weighted by Crippen LogP contribution is -2.45. The highest BCUT2D eigenvalue weighted by Crippen LogP contribution is 2.21. The lowest BCUT2D eigenvalue weighted by molar-refractivity contribution is 0.363. The Kier molecular flexibility index (Phi) is 2.86. The van der Waals surface area contributed by atoms with Gasteiger partial charge in [-0.3, -0.25) is 0 Å². The molecule has 4 heteroatoms. The Morgan fingerprint density at radius 3 is 2.80 bits per heavy atom. The molecule has 4 nitrogen and oxygen atoms in total. The van der Waals surface area contributed by atoms with Crippen LogP contribution in [0.4, 0.5) is 5.95 Å². The maximum Gasteiger partial charge on any atom is 0.223 e. The first-order valence-electron chi connectivity index (χ1n) is 5.47. The first-order valence-corrected chi connectivity index (χ1v) is 5.47. The second-order valence-electron chi connectivity index (χ2n) is 4.46. The van der Waals surface area contributed by atoms with E-state index in [-0.39, 0.29) is 5.54 Å². The quantitative estimate of drug-likeness (QED) is 0.766. The topological polar surface area (TPSA) is 49.8 Å². The molecule has 0 saturated carbocycles. The van der Waals surface area contributed by atoms with Crippen molar-refractivity contribution in [3.05, 3.63) is 18.0 Å². The molecule has 0 aliphatic carbocycles. The van der Waals surface area contributed by atoms with Crippen LogP contribution in [0.5, 0.6) is 0 Å². The van der Waals surface area contributed by atoms with Crippen molar-refractivity contribution < 1.29 is 0 Å². The van der Waals surface area contributed by atoms with Gasteiger partial charge in [0.15, 0.2) is 0 Å². The van der Waals surface area contributed by atoms with Crippen molar-refractivity contribution in [2.75, 3.05) is 18.4 Å². The van der Waals surface area contributed by atoms with Crippen molar-refractivity contribution in [2.45, 2.75) is 32.2 Å². The average Bonchev–Trinajstić information content (AvgIpc) is 2.18. The summed E-state index contributed by atoms with van der Waals surface area (Å²) in [6, 6.07) is 1.91. The Bertz CT molecular complexity index is 331. The van der Waals surface area contributed by atoms with E-state index in [1.54, 1.807) is 6.20 Å². The summed E-state index contributed by atoms with van der Waals surface area (Å²) in [6.45, 7) is 6.35. The highest BCUT2D eigenvalue weighted by Gasteiger charge is 2.26. The van der Waals surface area contributed by atoms with Crippen molar-refractivity contribution in [2.24, 2.45) is 0 Å². The molecular formula is C11H18N4. The van der Waals surface area contributed by atoms with E-state index in [0.717, 1.165) is 37.6 Å². The average molecular weight is 206 g/mol. The van der Waals surface area contributed by atoms with Gasteiger partial charge in [-0.05, 0) is 45.8 Å². The number of aryl methyl sites for hydroxylation is 1. The first-order chi connectivity index (χ1) is 7.18. The van der Waals surface area contributed by atoms with Crippen LogP contribution in [0.3, 0.4) is 0 Å². The third-order valence-electron chi connectivity index (χ3n) is 2.92. The van der Waals surface area contributed by atoms with Gasteiger partial charge in [-0.15, -0.1) is 0 Å². The zero-order valence-electron chi connectivity index (χ0n) is 9.38. The van der Waals surface area contributed by atoms with Crippen LogP contribution < -0.4 is 10.6 Å². The Morgan fingerprint density at radius 1 is 1.40 bits per heavy atom. The van der Waals surface area contributed by atoms with Gasteiger partial charge < -0.3 is 10.6 Å². The molecule has 0 radical (unpaired) electrons. The molecule has 1 aliphatic rings. The van der Waals surface area contributed by atoms with Gasteiger partial charge in [-0.1, -0.05) is 0 Å². The van der Waals surface area contributed by atoms with E-state index >= 15 is 0 Å². The molecule has 2 rings (SSSR count). The molecule has 1 saturated heterocycles. The van der Waals surface area contributed by atoms with E-state index in [4.69, 9.17) is 0 Å². The van der Waals surface area contributed by atoms with Crippen molar-refractivity contribution in [1.29, 1.82) is 0 Å². The van der Waals surface area contributed by atoms with Gasteiger partial charge in [0.1, 0.15) is 0 Å². The van der Waals surface area contributed by atoms with E-state index in [2.05, 4.69) is 27.5 Å². The van der Waals surface area contributed by atoms with E-state index < -0.39 is 0 Å². The molecule has 0 spiro atoms. The van der Waals surface area contributed by atoms with Crippen LogP contribution in [0.2, 0.25) is 0 Å². The van der Waals surface area contributed by atoms with Gasteiger partial charge in [0.25, 0.3) is 0 Å². The van der Waals surface area contributed by atoms with Gasteiger partial charge in [-0.2, -0.15) is 0 Å². The number of piperidine rings is 1. The van der Waals surface area contributed by atoms with Crippen LogP contribution in [0.1, 0.15) is 25.5 Å². The summed E-state index contributed by atoms with van der Waals surface area (Å²) in [5, 5.41) is 6.79. The summed E-state index contributed by atoms with van der Waals surface area (Å²) in [5.41, 5.74) is 1.14. The lowest BCUT2D eigenvalue weighted by atomic mass is 9.91. The number of nitrogens with zero attached hydrogens (tertiary/aromatic N) is 2. The summed E-state index contributed by atoms with van der Waals surface area (Å²) in [5.74, 6) is 0.749. The van der Waals surface area contributed by atoms with Crippen LogP contribution in [-0.2, 0) is 0 Å². The predicted molar refractivity (Wildman–Crippen MR) is 60.9 cm³/mol. The molecule has 0 aromatic carbocycles. The monoisotopic (exact) mass is 206 g/mol. The van der Waals surface area contributed by atoms with Crippen molar-refractivity contribution in [3.8, 4) is 0 Å². The van der Waals surface area contributed by atoms with Crippen molar-refractivity contribution >= 4 is 5.95 Å². The zero-order valence-corrected chi connectivity index (χ0v) is 9.38. The van der Waals surface area contributed by atoms with Gasteiger partial charge >= 0.3 is 0 Å². The number of anilines is 1. The second kappa shape index (κ2) is 4.14. The highest BCUT2D eigenvalue weighted by molar-refractivity contribution is 5.29. The molecule has 1 aliphatic heterocycles. The van der Waals surface area contributed by atoms with Crippen LogP contribution in [-0.4, -0.2) is 28.6 Å². The molecule has 0 unspecified atom stereocenters. The van der Waals surface area contributed by atoms with Gasteiger partial charge in [0, 0.05) is 17.4 Å². The summed E-state index contributed by atoms with van der Waals surface area (Å²) in [4.78, 5) is 8.61. The lowest BCUT2D eigenvalue weighted by Gasteiger charge is -2.34. The fourth-order valence-electron chi connectivity index (χ4n) is 1.88. The van der Waals surface area contributed by atoms with E-state index in [1.807, 2.05) is 13.0 Å². The molecule has 2 N–H and O–H groups in total. The Labute approximate surface area is 90.5 Å². The van der Waals surface area contributed by atoms with Gasteiger partial charge in [0.2, 0.25) is 5.95 Å². The fourth-order valence-corrected chi connectivity index (χ4v) is 1.88. The SMILES string of the molecule is Cc1ccnc(NC2(C)CCNCC2)n1. The van der Waals surface area contributed by atoms with Crippen LogP contribution in [0.25, 0.3) is 0 Å². The Hall–Kier alpha value is -1.16. The highest BCUT2D eigenvalue weighted by atomic mass is 15.1. The molecule has 2 heterocycles. The van der Waals surface area contributed by atoms with Crippen LogP contribution in [0, 0.1) is 6.92 Å². The van der Waals surface area contributed by atoms with Gasteiger partial charge in [0.05, 0.1) is 0 Å². The number of nitrogens with one attached hydrogen (secondary N) is 2. The molecule has 1 aromatic heterocycles. The molecule has 15 heavy (non-hydrogen) atoms. The maximum atomic E-state index is 4.37. The minimum absolute atomic E-state index is 0.138. The zero-order chi connectivity index (χ0) is 10.7. The molecular weight excluding hydrogens is 188 g/mol. The predicted octanol–water partition coefficient (Wildman–Crippen LogP) is 1.34. The summed E-state index contributed by atoms with van der Waals surface area (Å²) in [6.07, 6.45) is 4.03. The number of hydrogen-bond acceptors (Lipinski definition) is 4. The largest absolute Gasteiger partial charge is 0.349 e. The van der Waals surface area contributed by atoms with Gasteiger partial charge in [-0.25, -0.2) is 9.97 Å². The van der Waals surface area contributed by atoms with E-state index in [0.29, 0.717) is 0 Å². The number of rotatable bonds is 2. The second-order valence-corrected chi connectivity index (χ2v) is 4.46. The smallest absolute Gasteiger partial charge is 0.223 e. The van der Waals surface area contributed by atoms with E-state index in [1.165, 1.54) is 0 Å². The summed E-state index contributed by atoms with van der Waals surface area (Å²) in [7, 11) is 0. The minimum Gasteiger partial charge on any atom is -0.349 e. The molecule has 0 bridgehead atoms. The molecule has 0 amide bonds. The van der Waals surface area contributed by atoms with E-state index in [9.17, 15) is 0 Å².